The van der Waals surface area contributed by atoms with Crippen LogP contribution in [-0.4, -0.2) is 16.7 Å². The molecule has 1 amide bonds. The van der Waals surface area contributed by atoms with Gasteiger partial charge in [0.1, 0.15) is 11.6 Å². The zero-order valence-corrected chi connectivity index (χ0v) is 15.1. The summed E-state index contributed by atoms with van der Waals surface area (Å²) in [5.74, 6) is -1.70. The van der Waals surface area contributed by atoms with Crippen molar-refractivity contribution in [2.75, 3.05) is 0 Å². The first-order valence-corrected chi connectivity index (χ1v) is 8.77. The van der Waals surface area contributed by atoms with E-state index >= 15 is 0 Å². The second kappa shape index (κ2) is 7.69. The molecule has 1 N–H and O–H groups in total. The van der Waals surface area contributed by atoms with Crippen molar-refractivity contribution >= 4 is 11.7 Å². The maximum atomic E-state index is 13.3. The zero-order valence-electron chi connectivity index (χ0n) is 15.1. The third kappa shape index (κ3) is 4.94. The van der Waals surface area contributed by atoms with Gasteiger partial charge >= 0.3 is 6.18 Å². The summed E-state index contributed by atoms with van der Waals surface area (Å²) >= 11 is 0. The number of amides is 1. The summed E-state index contributed by atoms with van der Waals surface area (Å²) in [6.45, 7) is 1.50. The van der Waals surface area contributed by atoms with E-state index in [1.165, 1.54) is 18.2 Å². The number of rotatable bonds is 6. The van der Waals surface area contributed by atoms with Crippen LogP contribution < -0.4 is 5.32 Å². The van der Waals surface area contributed by atoms with E-state index in [1.807, 2.05) is 0 Å². The number of carbonyl (C=O) groups excluding carboxylic acids is 2. The standard InChI is InChI=1S/C20H18F4N2O2/c1-11-6-14(8-15(26-11)9-18(27)13-3-4-13)19(28)25-10-12-2-5-17(21)16(7-12)20(22,23)24/h2,5-8,13H,3-4,9-10H2,1H3,(H,25,28). The van der Waals surface area contributed by atoms with Crippen molar-refractivity contribution in [2.45, 2.75) is 38.9 Å². The van der Waals surface area contributed by atoms with Crippen LogP contribution in [0, 0.1) is 18.7 Å². The van der Waals surface area contributed by atoms with Crippen molar-refractivity contribution in [1.29, 1.82) is 0 Å². The molecular formula is C20H18F4N2O2. The number of Topliss-reactive ketones (excluding diaryl/α,β-unsaturated/α-hetero) is 1. The molecule has 1 saturated carbocycles. The molecule has 3 rings (SSSR count). The second-order valence-electron chi connectivity index (χ2n) is 6.90. The summed E-state index contributed by atoms with van der Waals surface area (Å²) in [6.07, 6.45) is -2.89. The smallest absolute Gasteiger partial charge is 0.348 e. The van der Waals surface area contributed by atoms with Crippen LogP contribution in [0.15, 0.2) is 30.3 Å². The molecule has 148 valence electrons. The van der Waals surface area contributed by atoms with Crippen molar-refractivity contribution < 1.29 is 27.2 Å². The van der Waals surface area contributed by atoms with E-state index in [2.05, 4.69) is 10.3 Å². The van der Waals surface area contributed by atoms with Gasteiger partial charge in [0.25, 0.3) is 5.91 Å². The third-order valence-corrected chi connectivity index (χ3v) is 4.45. The predicted octanol–water partition coefficient (Wildman–Crippen LogP) is 4.00. The highest BCUT2D eigenvalue weighted by Crippen LogP contribution is 2.32. The van der Waals surface area contributed by atoms with Crippen molar-refractivity contribution in [2.24, 2.45) is 5.92 Å². The molecule has 0 saturated heterocycles. The lowest BCUT2D eigenvalue weighted by Crippen LogP contribution is -2.24. The first-order valence-electron chi connectivity index (χ1n) is 8.77. The van der Waals surface area contributed by atoms with Crippen molar-refractivity contribution in [3.8, 4) is 0 Å². The molecule has 0 aliphatic heterocycles. The van der Waals surface area contributed by atoms with Gasteiger partial charge in [-0.25, -0.2) is 4.39 Å². The number of alkyl halides is 3. The van der Waals surface area contributed by atoms with Gasteiger partial charge in [0, 0.05) is 35.8 Å². The molecule has 1 aromatic carbocycles. The number of ketones is 1. The summed E-state index contributed by atoms with van der Waals surface area (Å²) in [5, 5.41) is 2.51. The summed E-state index contributed by atoms with van der Waals surface area (Å²) in [5.41, 5.74) is 0.0664. The Morgan fingerprint density at radius 1 is 1.18 bits per heavy atom. The number of hydrogen-bond donors (Lipinski definition) is 1. The van der Waals surface area contributed by atoms with Gasteiger partial charge in [0.2, 0.25) is 0 Å². The van der Waals surface area contributed by atoms with Gasteiger partial charge in [0.05, 0.1) is 5.56 Å². The Morgan fingerprint density at radius 2 is 1.89 bits per heavy atom. The zero-order chi connectivity index (χ0) is 20.5. The minimum absolute atomic E-state index is 0.0842. The molecule has 1 fully saturated rings. The third-order valence-electron chi connectivity index (χ3n) is 4.45. The Labute approximate surface area is 159 Å². The van der Waals surface area contributed by atoms with E-state index in [0.29, 0.717) is 17.5 Å². The normalized spacial score (nSPS) is 14.0. The fraction of sp³-hybridized carbons (Fsp3) is 0.350. The Bertz CT molecular complexity index is 921. The molecule has 0 spiro atoms. The summed E-state index contributed by atoms with van der Waals surface area (Å²) in [6, 6.07) is 5.62. The van der Waals surface area contributed by atoms with E-state index in [0.717, 1.165) is 18.9 Å². The SMILES string of the molecule is Cc1cc(C(=O)NCc2ccc(F)c(C(F)(F)F)c2)cc(CC(=O)C2CC2)n1. The first kappa shape index (κ1) is 20.0. The second-order valence-corrected chi connectivity index (χ2v) is 6.90. The highest BCUT2D eigenvalue weighted by Gasteiger charge is 2.34. The summed E-state index contributed by atoms with van der Waals surface area (Å²) < 4.78 is 51.7. The van der Waals surface area contributed by atoms with Gasteiger partial charge < -0.3 is 5.32 Å². The molecule has 4 nitrogen and oxygen atoms in total. The molecule has 0 radical (unpaired) electrons. The van der Waals surface area contributed by atoms with Gasteiger partial charge in [-0.1, -0.05) is 6.07 Å². The average molecular weight is 394 g/mol. The molecule has 1 aromatic heterocycles. The summed E-state index contributed by atoms with van der Waals surface area (Å²) in [4.78, 5) is 28.6. The molecule has 0 unspecified atom stereocenters. The molecule has 1 aliphatic rings. The lowest BCUT2D eigenvalue weighted by atomic mass is 10.1. The first-order chi connectivity index (χ1) is 13.1. The fourth-order valence-electron chi connectivity index (χ4n) is 2.87. The van der Waals surface area contributed by atoms with Crippen LogP contribution >= 0.6 is 0 Å². The van der Waals surface area contributed by atoms with Gasteiger partial charge in [-0.05, 0) is 49.6 Å². The maximum Gasteiger partial charge on any atom is 0.419 e. The number of nitrogens with one attached hydrogen (secondary N) is 1. The van der Waals surface area contributed by atoms with Crippen LogP contribution in [0.4, 0.5) is 17.6 Å². The lowest BCUT2D eigenvalue weighted by molar-refractivity contribution is -0.140. The van der Waals surface area contributed by atoms with Crippen LogP contribution in [0.5, 0.6) is 0 Å². The number of carbonyl (C=O) groups is 2. The topological polar surface area (TPSA) is 59.1 Å². The number of aromatic nitrogens is 1. The number of pyridine rings is 1. The Kier molecular flexibility index (Phi) is 5.49. The largest absolute Gasteiger partial charge is 0.419 e. The molecule has 2 aromatic rings. The molecule has 8 heteroatoms. The van der Waals surface area contributed by atoms with Crippen molar-refractivity contribution in [3.05, 3.63) is 64.2 Å². The van der Waals surface area contributed by atoms with Crippen LogP contribution in [-0.2, 0) is 23.9 Å². The molecular weight excluding hydrogens is 376 g/mol. The Hall–Kier alpha value is -2.77. The Balaban J connectivity index is 1.69. The molecule has 1 aliphatic carbocycles. The van der Waals surface area contributed by atoms with Gasteiger partial charge in [-0.3, -0.25) is 14.6 Å². The predicted molar refractivity (Wildman–Crippen MR) is 93.0 cm³/mol. The minimum atomic E-state index is -4.81. The molecule has 0 bridgehead atoms. The van der Waals surface area contributed by atoms with Crippen LogP contribution in [0.3, 0.4) is 0 Å². The van der Waals surface area contributed by atoms with E-state index in [9.17, 15) is 27.2 Å². The van der Waals surface area contributed by atoms with Gasteiger partial charge in [-0.15, -0.1) is 0 Å². The van der Waals surface area contributed by atoms with Crippen LogP contribution in [0.2, 0.25) is 0 Å². The number of halogens is 4. The van der Waals surface area contributed by atoms with Crippen molar-refractivity contribution in [1.82, 2.24) is 10.3 Å². The highest BCUT2D eigenvalue weighted by molar-refractivity contribution is 5.94. The summed E-state index contributed by atoms with van der Waals surface area (Å²) in [7, 11) is 0. The van der Waals surface area contributed by atoms with Crippen LogP contribution in [0.25, 0.3) is 0 Å². The van der Waals surface area contributed by atoms with E-state index < -0.39 is 23.5 Å². The lowest BCUT2D eigenvalue weighted by Gasteiger charge is -2.11. The van der Waals surface area contributed by atoms with E-state index in [-0.39, 0.29) is 35.8 Å². The number of aryl methyl sites for hydroxylation is 1. The Morgan fingerprint density at radius 3 is 2.54 bits per heavy atom. The number of nitrogens with zero attached hydrogens (tertiary/aromatic N) is 1. The fourth-order valence-corrected chi connectivity index (χ4v) is 2.87. The maximum absolute atomic E-state index is 13.3. The molecule has 1 heterocycles. The average Bonchev–Trinajstić information content (AvgIpc) is 3.44. The minimum Gasteiger partial charge on any atom is -0.348 e. The van der Waals surface area contributed by atoms with E-state index in [4.69, 9.17) is 0 Å². The van der Waals surface area contributed by atoms with Crippen molar-refractivity contribution in [3.63, 3.8) is 0 Å². The monoisotopic (exact) mass is 394 g/mol. The van der Waals surface area contributed by atoms with Crippen LogP contribution in [0.1, 0.15) is 45.7 Å². The van der Waals surface area contributed by atoms with Gasteiger partial charge in [-0.2, -0.15) is 13.2 Å². The van der Waals surface area contributed by atoms with E-state index in [1.54, 1.807) is 6.92 Å². The molecule has 28 heavy (non-hydrogen) atoms. The van der Waals surface area contributed by atoms with Gasteiger partial charge in [0.15, 0.2) is 0 Å². The quantitative estimate of drug-likeness (QED) is 0.754. The number of benzene rings is 1. The highest BCUT2D eigenvalue weighted by atomic mass is 19.4. The molecule has 0 atom stereocenters. The number of hydrogen-bond acceptors (Lipinski definition) is 3.